The van der Waals surface area contributed by atoms with E-state index in [1.54, 1.807) is 18.4 Å². The van der Waals surface area contributed by atoms with E-state index in [-0.39, 0.29) is 6.17 Å². The van der Waals surface area contributed by atoms with Crippen molar-refractivity contribution in [3.63, 3.8) is 0 Å². The van der Waals surface area contributed by atoms with E-state index < -0.39 is 0 Å². The fraction of sp³-hybridized carbons (Fsp3) is 0.200. The molecule has 50 valence electrons. The molecule has 9 heavy (non-hydrogen) atoms. The van der Waals surface area contributed by atoms with Crippen molar-refractivity contribution in [1.82, 2.24) is 5.01 Å². The minimum Gasteiger partial charge on any atom is -0.399 e. The fourth-order valence-corrected chi connectivity index (χ4v) is 0.610. The van der Waals surface area contributed by atoms with Crippen molar-refractivity contribution >= 4 is 0 Å². The Labute approximate surface area is 53.6 Å². The topological polar surface area (TPSA) is 81.3 Å². The molecule has 0 aromatic rings. The van der Waals surface area contributed by atoms with Gasteiger partial charge in [-0.2, -0.15) is 0 Å². The number of hydrazine groups is 1. The normalized spacial score (nSPS) is 26.2. The minimum absolute atomic E-state index is 0.282. The molecule has 0 saturated carbocycles. The number of hydrogen-bond donors (Lipinski definition) is 3. The second-order valence-corrected chi connectivity index (χ2v) is 1.92. The Morgan fingerprint density at radius 2 is 2.22 bits per heavy atom. The molecule has 6 N–H and O–H groups in total. The molecule has 0 fully saturated rings. The van der Waals surface area contributed by atoms with Crippen LogP contribution in [0.25, 0.3) is 0 Å². The molecule has 1 atom stereocenters. The molecular formula is C5H10N4. The third-order valence-electron chi connectivity index (χ3n) is 1.15. The summed E-state index contributed by atoms with van der Waals surface area (Å²) in [5.41, 5.74) is 11.5. The van der Waals surface area contributed by atoms with Crippen LogP contribution in [0.3, 0.4) is 0 Å². The van der Waals surface area contributed by atoms with Crippen molar-refractivity contribution in [2.45, 2.75) is 6.17 Å². The summed E-state index contributed by atoms with van der Waals surface area (Å²) in [6, 6.07) is 0. The molecule has 1 unspecified atom stereocenters. The van der Waals surface area contributed by atoms with Crippen LogP contribution >= 0.6 is 0 Å². The Morgan fingerprint density at radius 3 is 2.67 bits per heavy atom. The molecule has 1 heterocycles. The summed E-state index contributed by atoms with van der Waals surface area (Å²) in [4.78, 5) is 0. The first-order valence-corrected chi connectivity index (χ1v) is 2.64. The van der Waals surface area contributed by atoms with Gasteiger partial charge >= 0.3 is 0 Å². The summed E-state index contributed by atoms with van der Waals surface area (Å²) in [5, 5.41) is 1.39. The molecule has 4 nitrogen and oxygen atoms in total. The number of rotatable bonds is 0. The van der Waals surface area contributed by atoms with E-state index in [0.29, 0.717) is 5.70 Å². The van der Waals surface area contributed by atoms with Gasteiger partial charge in [0.1, 0.15) is 6.17 Å². The zero-order valence-electron chi connectivity index (χ0n) is 4.99. The van der Waals surface area contributed by atoms with Gasteiger partial charge in [0, 0.05) is 11.9 Å². The highest BCUT2D eigenvalue weighted by Crippen LogP contribution is 2.00. The van der Waals surface area contributed by atoms with Crippen LogP contribution in [0.1, 0.15) is 0 Å². The van der Waals surface area contributed by atoms with E-state index >= 15 is 0 Å². The van der Waals surface area contributed by atoms with Gasteiger partial charge in [-0.25, -0.2) is 5.84 Å². The highest BCUT2D eigenvalue weighted by Gasteiger charge is 2.05. The van der Waals surface area contributed by atoms with Gasteiger partial charge in [0.05, 0.1) is 0 Å². The van der Waals surface area contributed by atoms with Crippen molar-refractivity contribution < 1.29 is 0 Å². The average molecular weight is 126 g/mol. The third-order valence-corrected chi connectivity index (χ3v) is 1.15. The first kappa shape index (κ1) is 6.12. The van der Waals surface area contributed by atoms with Gasteiger partial charge in [0.2, 0.25) is 0 Å². The molecule has 0 aliphatic carbocycles. The molecule has 1 aliphatic rings. The van der Waals surface area contributed by atoms with Crippen LogP contribution < -0.4 is 17.3 Å². The molecule has 4 heteroatoms. The Hall–Kier alpha value is -1.00. The van der Waals surface area contributed by atoms with Crippen LogP contribution in [-0.4, -0.2) is 11.2 Å². The maximum Gasteiger partial charge on any atom is 0.112 e. The predicted octanol–water partition coefficient (Wildman–Crippen LogP) is -1.18. The third kappa shape index (κ3) is 1.22. The fourth-order valence-electron chi connectivity index (χ4n) is 0.610. The van der Waals surface area contributed by atoms with Crippen LogP contribution in [0.5, 0.6) is 0 Å². The van der Waals surface area contributed by atoms with Crippen molar-refractivity contribution in [2.24, 2.45) is 17.3 Å². The molecule has 0 amide bonds. The molecule has 0 radical (unpaired) electrons. The quantitative estimate of drug-likeness (QED) is 0.357. The second-order valence-electron chi connectivity index (χ2n) is 1.92. The molecule has 1 aliphatic heterocycles. The lowest BCUT2D eigenvalue weighted by Gasteiger charge is -2.22. The monoisotopic (exact) mass is 126 g/mol. The molecule has 0 bridgehead atoms. The summed E-state index contributed by atoms with van der Waals surface area (Å²) in [6.07, 6.45) is 4.73. The smallest absolute Gasteiger partial charge is 0.112 e. The summed E-state index contributed by atoms with van der Waals surface area (Å²) >= 11 is 0. The van der Waals surface area contributed by atoms with Gasteiger partial charge in [-0.15, -0.1) is 0 Å². The van der Waals surface area contributed by atoms with Gasteiger partial charge in [-0.05, 0) is 12.2 Å². The predicted molar refractivity (Wildman–Crippen MR) is 35.4 cm³/mol. The molecule has 1 rings (SSSR count). The van der Waals surface area contributed by atoms with Crippen LogP contribution in [-0.2, 0) is 0 Å². The van der Waals surface area contributed by atoms with Crippen molar-refractivity contribution in [2.75, 3.05) is 0 Å². The Morgan fingerprint density at radius 1 is 1.56 bits per heavy atom. The molecular weight excluding hydrogens is 116 g/mol. The van der Waals surface area contributed by atoms with Crippen molar-refractivity contribution in [3.05, 3.63) is 24.0 Å². The zero-order chi connectivity index (χ0) is 6.85. The summed E-state index contributed by atoms with van der Waals surface area (Å²) in [6.45, 7) is 0. The van der Waals surface area contributed by atoms with Gasteiger partial charge in [-0.1, -0.05) is 0 Å². The van der Waals surface area contributed by atoms with Crippen LogP contribution in [0.2, 0.25) is 0 Å². The first-order valence-electron chi connectivity index (χ1n) is 2.64. The van der Waals surface area contributed by atoms with Crippen LogP contribution in [0, 0.1) is 0 Å². The lowest BCUT2D eigenvalue weighted by molar-refractivity contribution is 0.332. The van der Waals surface area contributed by atoms with Gasteiger partial charge in [-0.3, -0.25) is 5.01 Å². The number of hydrogen-bond acceptors (Lipinski definition) is 4. The highest BCUT2D eigenvalue weighted by atomic mass is 15.4. The Kier molecular flexibility index (Phi) is 1.42. The number of nitrogens with two attached hydrogens (primary N) is 3. The zero-order valence-corrected chi connectivity index (χ0v) is 4.99. The van der Waals surface area contributed by atoms with E-state index in [9.17, 15) is 0 Å². The summed E-state index contributed by atoms with van der Waals surface area (Å²) in [7, 11) is 0. The van der Waals surface area contributed by atoms with E-state index in [0.717, 1.165) is 0 Å². The number of allylic oxidation sites excluding steroid dienone is 1. The molecule has 0 spiro atoms. The lowest BCUT2D eigenvalue weighted by atomic mass is 10.3. The maximum atomic E-state index is 5.46. The molecule has 0 saturated heterocycles. The van der Waals surface area contributed by atoms with Crippen molar-refractivity contribution in [1.29, 1.82) is 0 Å². The lowest BCUT2D eigenvalue weighted by Crippen LogP contribution is -2.43. The average Bonchev–Trinajstić information content (AvgIpc) is 1.80. The van der Waals surface area contributed by atoms with Crippen LogP contribution in [0.4, 0.5) is 0 Å². The second kappa shape index (κ2) is 2.08. The standard InChI is InChI=1S/C5H10N4/c6-4-1-2-9(8)5(7)3-4/h1-3,5H,6-8H2. The maximum absolute atomic E-state index is 5.46. The van der Waals surface area contributed by atoms with Gasteiger partial charge < -0.3 is 11.5 Å². The summed E-state index contributed by atoms with van der Waals surface area (Å²) in [5.74, 6) is 5.36. The molecule has 0 aromatic carbocycles. The SMILES string of the molecule is NC1=CC(N)N(N)C=C1. The van der Waals surface area contributed by atoms with Crippen molar-refractivity contribution in [3.8, 4) is 0 Å². The minimum atomic E-state index is -0.282. The summed E-state index contributed by atoms with van der Waals surface area (Å²) < 4.78 is 0. The van der Waals surface area contributed by atoms with E-state index in [1.165, 1.54) is 5.01 Å². The van der Waals surface area contributed by atoms with E-state index in [4.69, 9.17) is 17.3 Å². The van der Waals surface area contributed by atoms with E-state index in [2.05, 4.69) is 0 Å². The number of nitrogens with zero attached hydrogens (tertiary/aromatic N) is 1. The Balaban J connectivity index is 2.70. The Bertz CT molecular complexity index is 160. The van der Waals surface area contributed by atoms with Crippen LogP contribution in [0.15, 0.2) is 24.0 Å². The van der Waals surface area contributed by atoms with E-state index in [1.807, 2.05) is 0 Å². The van der Waals surface area contributed by atoms with Gasteiger partial charge in [0.25, 0.3) is 0 Å². The first-order chi connectivity index (χ1) is 4.20. The highest BCUT2D eigenvalue weighted by molar-refractivity contribution is 5.20. The van der Waals surface area contributed by atoms with Gasteiger partial charge in [0.15, 0.2) is 0 Å². The molecule has 0 aromatic heterocycles. The largest absolute Gasteiger partial charge is 0.399 e.